The molecule has 0 unspecified atom stereocenters. The summed E-state index contributed by atoms with van der Waals surface area (Å²) in [4.78, 5) is 43.5. The smallest absolute Gasteiger partial charge is 0.236 e. The molecule has 1 N–H and O–H groups in total. The lowest BCUT2D eigenvalue weighted by Gasteiger charge is -2.32. The molecule has 166 valence electrons. The summed E-state index contributed by atoms with van der Waals surface area (Å²) >= 11 is 1.54. The highest BCUT2D eigenvalue weighted by Gasteiger charge is 2.28. The van der Waals surface area contributed by atoms with E-state index in [1.165, 1.54) is 24.2 Å². The molecular formula is C23H26N6O2S. The molecule has 0 saturated carbocycles. The molecule has 0 bridgehead atoms. The number of carbonyl (C=O) groups is 2. The van der Waals surface area contributed by atoms with Gasteiger partial charge in [-0.1, -0.05) is 0 Å². The molecule has 9 heteroatoms. The molecular weight excluding hydrogens is 424 g/mol. The van der Waals surface area contributed by atoms with Crippen molar-refractivity contribution in [3.63, 3.8) is 0 Å². The fraction of sp³-hybridized carbons (Fsp3) is 0.435. The molecule has 0 aliphatic carbocycles. The molecule has 32 heavy (non-hydrogen) atoms. The van der Waals surface area contributed by atoms with Crippen LogP contribution in [0.1, 0.15) is 25.7 Å². The van der Waals surface area contributed by atoms with E-state index in [4.69, 9.17) is 0 Å². The van der Waals surface area contributed by atoms with Crippen molar-refractivity contribution in [3.05, 3.63) is 36.2 Å². The largest absolute Gasteiger partial charge is 0.342 e. The topological polar surface area (TPSA) is 91.3 Å². The van der Waals surface area contributed by atoms with Crippen LogP contribution >= 0.6 is 11.3 Å². The Bertz CT molecular complexity index is 1100. The lowest BCUT2D eigenvalue weighted by atomic mass is 9.96. The molecule has 3 aromatic heterocycles. The molecule has 2 aliphatic rings. The molecule has 8 nitrogen and oxygen atoms in total. The molecule has 2 saturated heterocycles. The lowest BCUT2D eigenvalue weighted by Crippen LogP contribution is -2.45. The Labute approximate surface area is 190 Å². The molecule has 2 aliphatic heterocycles. The van der Waals surface area contributed by atoms with Crippen LogP contribution in [0, 0.1) is 5.92 Å². The summed E-state index contributed by atoms with van der Waals surface area (Å²) in [6, 6.07) is 3.87. The number of nitrogens with one attached hydrogen (secondary N) is 1. The number of amides is 2. The third kappa shape index (κ3) is 4.63. The van der Waals surface area contributed by atoms with E-state index in [1.54, 1.807) is 24.1 Å². The molecule has 5 rings (SSSR count). The third-order valence-electron chi connectivity index (χ3n) is 6.32. The summed E-state index contributed by atoms with van der Waals surface area (Å²) in [6.45, 7) is 3.83. The zero-order valence-electron chi connectivity index (χ0n) is 17.9. The predicted molar refractivity (Wildman–Crippen MR) is 124 cm³/mol. The van der Waals surface area contributed by atoms with Gasteiger partial charge in [0.15, 0.2) is 0 Å². The Hall–Kier alpha value is -2.91. The van der Waals surface area contributed by atoms with Crippen LogP contribution in [0.3, 0.4) is 0 Å². The first kappa shape index (κ1) is 21.0. The first-order valence-electron chi connectivity index (χ1n) is 11.1. The van der Waals surface area contributed by atoms with Crippen molar-refractivity contribution in [2.75, 3.05) is 38.0 Å². The number of hydrogen-bond acceptors (Lipinski definition) is 7. The van der Waals surface area contributed by atoms with Gasteiger partial charge >= 0.3 is 0 Å². The van der Waals surface area contributed by atoms with E-state index in [2.05, 4.69) is 25.2 Å². The van der Waals surface area contributed by atoms with E-state index >= 15 is 0 Å². The summed E-state index contributed by atoms with van der Waals surface area (Å²) in [5.41, 5.74) is 2.64. The minimum Gasteiger partial charge on any atom is -0.342 e. The van der Waals surface area contributed by atoms with E-state index in [0.717, 1.165) is 34.4 Å². The first-order valence-corrected chi connectivity index (χ1v) is 12.0. The summed E-state index contributed by atoms with van der Waals surface area (Å²) in [7, 11) is 0. The predicted octanol–water partition coefficient (Wildman–Crippen LogP) is 3.03. The average Bonchev–Trinajstić information content (AvgIpc) is 3.53. The fourth-order valence-corrected chi connectivity index (χ4v) is 5.02. The first-order chi connectivity index (χ1) is 15.7. The van der Waals surface area contributed by atoms with Crippen LogP contribution in [0.2, 0.25) is 0 Å². The Balaban J connectivity index is 1.19. The molecule has 5 heterocycles. The molecule has 0 spiro atoms. The maximum absolute atomic E-state index is 12.8. The number of hydrogen-bond donors (Lipinski definition) is 1. The van der Waals surface area contributed by atoms with Crippen molar-refractivity contribution in [1.29, 1.82) is 0 Å². The number of rotatable bonds is 5. The van der Waals surface area contributed by atoms with Crippen LogP contribution in [-0.2, 0) is 9.59 Å². The second-order valence-electron chi connectivity index (χ2n) is 8.48. The highest BCUT2D eigenvalue weighted by atomic mass is 32.1. The third-order valence-corrected chi connectivity index (χ3v) is 7.11. The highest BCUT2D eigenvalue weighted by Crippen LogP contribution is 2.26. The monoisotopic (exact) mass is 450 g/mol. The fourth-order valence-electron chi connectivity index (χ4n) is 4.43. The van der Waals surface area contributed by atoms with Crippen molar-refractivity contribution in [2.45, 2.75) is 25.7 Å². The number of piperidine rings is 1. The Kier molecular flexibility index (Phi) is 6.09. The van der Waals surface area contributed by atoms with Gasteiger partial charge in [-0.15, -0.1) is 11.3 Å². The summed E-state index contributed by atoms with van der Waals surface area (Å²) in [5, 5.41) is 4.86. The number of thiazole rings is 1. The van der Waals surface area contributed by atoms with Gasteiger partial charge in [0.25, 0.3) is 0 Å². The summed E-state index contributed by atoms with van der Waals surface area (Å²) in [6.07, 6.45) is 9.05. The number of nitrogens with zero attached hydrogens (tertiary/aromatic N) is 5. The van der Waals surface area contributed by atoms with Crippen LogP contribution in [-0.4, -0.2) is 69.3 Å². The zero-order valence-corrected chi connectivity index (χ0v) is 18.7. The van der Waals surface area contributed by atoms with Gasteiger partial charge in [-0.25, -0.2) is 4.98 Å². The molecule has 3 aromatic rings. The minimum absolute atomic E-state index is 0.0276. The Morgan fingerprint density at radius 2 is 1.78 bits per heavy atom. The molecule has 2 amide bonds. The van der Waals surface area contributed by atoms with Gasteiger partial charge in [0.05, 0.1) is 22.6 Å². The number of anilines is 1. The van der Waals surface area contributed by atoms with Gasteiger partial charge in [-0.05, 0) is 56.3 Å². The second-order valence-corrected chi connectivity index (χ2v) is 9.37. The van der Waals surface area contributed by atoms with Crippen molar-refractivity contribution >= 4 is 39.7 Å². The molecule has 0 atom stereocenters. The van der Waals surface area contributed by atoms with Crippen LogP contribution in [0.4, 0.5) is 5.82 Å². The van der Waals surface area contributed by atoms with Crippen molar-refractivity contribution in [3.8, 4) is 10.6 Å². The number of likely N-dealkylation sites (tertiary alicyclic amines) is 2. The van der Waals surface area contributed by atoms with Gasteiger partial charge in [-0.3, -0.25) is 24.5 Å². The summed E-state index contributed by atoms with van der Waals surface area (Å²) in [5.74, 6) is 0.595. The van der Waals surface area contributed by atoms with E-state index in [1.807, 2.05) is 17.0 Å². The highest BCUT2D eigenvalue weighted by molar-refractivity contribution is 7.13. The van der Waals surface area contributed by atoms with Gasteiger partial charge in [0, 0.05) is 43.0 Å². The lowest BCUT2D eigenvalue weighted by molar-refractivity contribution is -0.135. The molecule has 2 fully saturated rings. The van der Waals surface area contributed by atoms with E-state index in [0.29, 0.717) is 38.3 Å². The molecule has 0 radical (unpaired) electrons. The number of carbonyl (C=O) groups excluding carboxylic acids is 2. The maximum atomic E-state index is 12.8. The van der Waals surface area contributed by atoms with Gasteiger partial charge in [0.2, 0.25) is 11.8 Å². The second kappa shape index (κ2) is 9.30. The molecule has 0 aromatic carbocycles. The average molecular weight is 451 g/mol. The van der Waals surface area contributed by atoms with Gasteiger partial charge in [0.1, 0.15) is 5.82 Å². The quantitative estimate of drug-likeness (QED) is 0.643. The van der Waals surface area contributed by atoms with Crippen molar-refractivity contribution < 1.29 is 9.59 Å². The number of aromatic nitrogens is 3. The van der Waals surface area contributed by atoms with E-state index in [9.17, 15) is 9.59 Å². The van der Waals surface area contributed by atoms with Gasteiger partial charge in [-0.2, -0.15) is 0 Å². The summed E-state index contributed by atoms with van der Waals surface area (Å²) < 4.78 is 0. The SMILES string of the molecule is O=C(Nc1cc2cc(-c3cncs3)ncc2cn1)C1CCN(C(=O)CN2CCCC2)CC1. The number of pyridine rings is 2. The number of fused-ring (bicyclic) bond motifs is 1. The van der Waals surface area contributed by atoms with Crippen LogP contribution < -0.4 is 5.32 Å². The standard InChI is InChI=1S/C23H26N6O2S/c30-22(14-28-5-1-2-6-28)29-7-3-16(4-8-29)23(31)27-21-10-17-9-19(20-13-24-15-32-20)25-11-18(17)12-26-21/h9-13,15-16H,1-8,14H2,(H,26,27,31). The zero-order chi connectivity index (χ0) is 21.9. The van der Waals surface area contributed by atoms with Crippen LogP contribution in [0.5, 0.6) is 0 Å². The van der Waals surface area contributed by atoms with Crippen LogP contribution in [0.15, 0.2) is 36.2 Å². The van der Waals surface area contributed by atoms with Crippen molar-refractivity contribution in [1.82, 2.24) is 24.8 Å². The normalized spacial score (nSPS) is 17.7. The van der Waals surface area contributed by atoms with Crippen LogP contribution in [0.25, 0.3) is 21.3 Å². The van der Waals surface area contributed by atoms with Gasteiger partial charge < -0.3 is 10.2 Å². The Morgan fingerprint density at radius 1 is 1.00 bits per heavy atom. The van der Waals surface area contributed by atoms with Crippen molar-refractivity contribution in [2.24, 2.45) is 5.92 Å². The maximum Gasteiger partial charge on any atom is 0.236 e. The van der Waals surface area contributed by atoms with E-state index < -0.39 is 0 Å². The van der Waals surface area contributed by atoms with E-state index in [-0.39, 0.29) is 17.7 Å². The minimum atomic E-state index is -0.103. The Morgan fingerprint density at radius 3 is 2.53 bits per heavy atom.